The molecule has 0 aliphatic heterocycles. The van der Waals surface area contributed by atoms with Crippen molar-refractivity contribution in [3.8, 4) is 146 Å². The minimum atomic E-state index is 0.566. The highest BCUT2D eigenvalue weighted by Crippen LogP contribution is 2.50. The average molecular weight is 1580 g/mol. The fraction of sp³-hybridized carbons (Fsp3) is 0. The second kappa shape index (κ2) is 28.6. The monoisotopic (exact) mass is 1580 g/mol. The van der Waals surface area contributed by atoms with E-state index in [1.807, 2.05) is 53.8 Å². The number of para-hydroxylation sites is 2. The third kappa shape index (κ3) is 12.0. The van der Waals surface area contributed by atoms with Gasteiger partial charge in [-0.3, -0.25) is 0 Å². The van der Waals surface area contributed by atoms with Crippen LogP contribution in [0.4, 0.5) is 0 Å². The summed E-state index contributed by atoms with van der Waals surface area (Å²) in [4.78, 5) is 43.3. The number of hydrogen-bond donors (Lipinski definition) is 0. The van der Waals surface area contributed by atoms with E-state index in [0.29, 0.717) is 34.9 Å². The van der Waals surface area contributed by atoms with Gasteiger partial charge in [0.15, 0.2) is 34.9 Å². The van der Waals surface area contributed by atoms with Gasteiger partial charge in [-0.2, -0.15) is 0 Å². The molecule has 0 saturated heterocycles. The molecule has 562 valence electrons. The van der Waals surface area contributed by atoms with Gasteiger partial charge in [0.05, 0.1) is 22.4 Å². The van der Waals surface area contributed by atoms with Crippen molar-refractivity contribution in [1.29, 1.82) is 0 Å². The normalized spacial score (nSPS) is 11.8. The van der Waals surface area contributed by atoms with E-state index >= 15 is 0 Å². The summed E-state index contributed by atoms with van der Waals surface area (Å²) in [6.07, 6.45) is 0. The topological polar surface area (TPSA) is 116 Å². The first kappa shape index (κ1) is 69.6. The second-order valence-corrected chi connectivity index (χ2v) is 32.8. The van der Waals surface area contributed by atoms with Crippen molar-refractivity contribution >= 4 is 128 Å². The number of aromatic nitrogens is 8. The van der Waals surface area contributed by atoms with Crippen molar-refractivity contribution < 1.29 is 4.42 Å². The van der Waals surface area contributed by atoms with E-state index in [2.05, 4.69) is 346 Å². The molecule has 0 spiro atoms. The first-order valence-corrected chi connectivity index (χ1v) is 42.1. The Morgan fingerprint density at radius 3 is 1.11 bits per heavy atom. The quantitative estimate of drug-likeness (QED) is 0.104. The van der Waals surface area contributed by atoms with Crippen LogP contribution in [0.25, 0.3) is 252 Å². The molecule has 9 nitrogen and oxygen atoms in total. The zero-order valence-corrected chi connectivity index (χ0v) is 66.4. The van der Waals surface area contributed by atoms with E-state index in [9.17, 15) is 0 Å². The highest BCUT2D eigenvalue weighted by Gasteiger charge is 2.26. The van der Waals surface area contributed by atoms with Crippen LogP contribution in [0.15, 0.2) is 393 Å². The van der Waals surface area contributed by atoms with E-state index in [1.165, 1.54) is 25.6 Å². The van der Waals surface area contributed by atoms with Crippen molar-refractivity contribution in [3.05, 3.63) is 388 Å². The third-order valence-corrected chi connectivity index (χ3v) is 26.0. The zero-order chi connectivity index (χ0) is 79.6. The third-order valence-electron chi connectivity index (χ3n) is 23.6. The van der Waals surface area contributed by atoms with Gasteiger partial charge in [-0.1, -0.05) is 328 Å². The predicted molar refractivity (Wildman–Crippen MR) is 503 cm³/mol. The van der Waals surface area contributed by atoms with E-state index in [4.69, 9.17) is 44.3 Å². The van der Waals surface area contributed by atoms with Crippen LogP contribution < -0.4 is 0 Å². The molecule has 0 saturated carbocycles. The van der Waals surface area contributed by atoms with Crippen LogP contribution in [0, 0.1) is 0 Å². The Hall–Kier alpha value is -15.7. The molecule has 121 heavy (non-hydrogen) atoms. The molecule has 0 fully saturated rings. The number of fused-ring (bicyclic) bond motifs is 17. The number of thiophene rings is 2. The summed E-state index contributed by atoms with van der Waals surface area (Å²) >= 11 is 3.61. The molecule has 0 aliphatic rings. The molecular weight excluding hydrogens is 1510 g/mol. The van der Waals surface area contributed by atoms with Crippen LogP contribution in [-0.2, 0) is 0 Å². The van der Waals surface area contributed by atoms with Gasteiger partial charge in [-0.05, 0) is 116 Å². The fourth-order valence-corrected chi connectivity index (χ4v) is 20.3. The first-order valence-electron chi connectivity index (χ1n) is 40.5. The van der Waals surface area contributed by atoms with Crippen molar-refractivity contribution in [2.45, 2.75) is 0 Å². The predicted octanol–water partition coefficient (Wildman–Crippen LogP) is 29.8. The minimum Gasteiger partial charge on any atom is -0.456 e. The van der Waals surface area contributed by atoms with Gasteiger partial charge in [0, 0.05) is 128 Å². The van der Waals surface area contributed by atoms with Gasteiger partial charge < -0.3 is 4.42 Å². The van der Waals surface area contributed by atoms with Crippen LogP contribution in [0.3, 0.4) is 0 Å². The average Bonchev–Trinajstić information content (AvgIpc) is 1.64. The smallest absolute Gasteiger partial charge is 0.165 e. The van der Waals surface area contributed by atoms with Crippen molar-refractivity contribution in [2.75, 3.05) is 0 Å². The lowest BCUT2D eigenvalue weighted by Gasteiger charge is -2.13. The molecule has 0 radical (unpaired) electrons. The van der Waals surface area contributed by atoms with Crippen LogP contribution in [-0.4, -0.2) is 39.9 Å². The molecule has 17 aromatic carbocycles. The molecular formula is C110H64N8OS2. The SMILES string of the molecule is c1ccc(-c2ccc(-c3nc(-c4cccc5c4sc4ccc6c(-c7ccccc7)nc7cc(-c8ccc(-c9cccc(-c%10nc(-c%11cccc(-c%12ccccc%12)c%11)nc(-c%11cccc(-c%12cccc%13c%12sc%12ccc%14c(-c%15ccccc%15)nc%15ccccc%15c%14c%12%13)c%11)n%10)c9)cc8)ccc7c6c45)nc(-c4cccc5oc6ccccc6c45)n3)cc2)cc1. The highest BCUT2D eigenvalue weighted by atomic mass is 32.1. The van der Waals surface area contributed by atoms with E-state index in [1.54, 1.807) is 11.3 Å². The Labute approximate surface area is 702 Å². The van der Waals surface area contributed by atoms with Gasteiger partial charge in [-0.15, -0.1) is 22.7 Å². The lowest BCUT2D eigenvalue weighted by molar-refractivity contribution is 0.669. The standard InChI is InChI=1S/C110H64N8OS2/c1-5-23-65(24-6-1)67-51-53-72(54-52-67)105-116-109(88-42-22-46-93-96(88)83-38-14-16-45-92(83)119-93)118-110(117-105)89-43-21-41-87-100-95(121-104(87)89)60-58-85-98(100)82-56-55-75(64-91(82)112-102(85)71-29-11-4-12-30-71)69-49-47-68(48-50-69)74-32-18-35-78(62-74)107-113-106(77-34-17-31-73(61-77)66-25-7-2-8-26-66)114-108(115-107)79-36-19-33-76(63-79)80-39-20-40-86-99-94(120-103(80)86)59-57-84-97(99)81-37-13-15-44-90(81)111-101(84)70-27-9-3-10-28-70/h1-64H. The van der Waals surface area contributed by atoms with Crippen LogP contribution in [0.2, 0.25) is 0 Å². The van der Waals surface area contributed by atoms with E-state index in [-0.39, 0.29) is 0 Å². The largest absolute Gasteiger partial charge is 0.456 e. The Morgan fingerprint density at radius 1 is 0.174 bits per heavy atom. The number of pyridine rings is 2. The molecule has 0 amide bonds. The Balaban J connectivity index is 0.595. The maximum absolute atomic E-state index is 6.45. The summed E-state index contributed by atoms with van der Waals surface area (Å²) in [6, 6.07) is 137. The number of nitrogens with zero attached hydrogens (tertiary/aromatic N) is 8. The Kier molecular flexibility index (Phi) is 16.5. The molecule has 7 heterocycles. The summed E-state index contributed by atoms with van der Waals surface area (Å²) in [5.41, 5.74) is 23.7. The summed E-state index contributed by atoms with van der Waals surface area (Å²) in [6.45, 7) is 0. The molecule has 0 N–H and O–H groups in total. The lowest BCUT2D eigenvalue weighted by Crippen LogP contribution is -2.00. The number of benzene rings is 17. The summed E-state index contributed by atoms with van der Waals surface area (Å²) in [7, 11) is 0. The van der Waals surface area contributed by atoms with E-state index < -0.39 is 0 Å². The summed E-state index contributed by atoms with van der Waals surface area (Å²) in [5, 5.41) is 13.5. The molecule has 24 rings (SSSR count). The van der Waals surface area contributed by atoms with Gasteiger partial charge in [0.1, 0.15) is 11.2 Å². The zero-order valence-electron chi connectivity index (χ0n) is 64.8. The number of rotatable bonds is 13. The first-order chi connectivity index (χ1) is 59.9. The molecule has 11 heteroatoms. The van der Waals surface area contributed by atoms with Crippen molar-refractivity contribution in [1.82, 2.24) is 39.9 Å². The van der Waals surface area contributed by atoms with Gasteiger partial charge in [0.2, 0.25) is 0 Å². The highest BCUT2D eigenvalue weighted by molar-refractivity contribution is 7.27. The van der Waals surface area contributed by atoms with Crippen LogP contribution in [0.1, 0.15) is 0 Å². The Morgan fingerprint density at radius 2 is 0.521 bits per heavy atom. The van der Waals surface area contributed by atoms with Gasteiger partial charge >= 0.3 is 0 Å². The number of furan rings is 1. The van der Waals surface area contributed by atoms with Gasteiger partial charge in [-0.25, -0.2) is 39.9 Å². The second-order valence-electron chi connectivity index (χ2n) is 30.7. The molecule has 24 aromatic rings. The molecule has 0 unspecified atom stereocenters. The van der Waals surface area contributed by atoms with Crippen LogP contribution in [0.5, 0.6) is 0 Å². The maximum Gasteiger partial charge on any atom is 0.165 e. The van der Waals surface area contributed by atoms with Crippen molar-refractivity contribution in [2.24, 2.45) is 0 Å². The Bertz CT molecular complexity index is 8320. The summed E-state index contributed by atoms with van der Waals surface area (Å²) < 4.78 is 11.1. The molecule has 0 aliphatic carbocycles. The molecule has 7 aromatic heterocycles. The lowest BCUT2D eigenvalue weighted by atomic mass is 9.94. The van der Waals surface area contributed by atoms with Crippen LogP contribution >= 0.6 is 22.7 Å². The van der Waals surface area contributed by atoms with Gasteiger partial charge in [0.25, 0.3) is 0 Å². The molecule has 0 atom stereocenters. The van der Waals surface area contributed by atoms with E-state index in [0.717, 1.165) is 192 Å². The molecule has 0 bridgehead atoms. The fourth-order valence-electron chi connectivity index (χ4n) is 17.8. The van der Waals surface area contributed by atoms with Crippen molar-refractivity contribution in [3.63, 3.8) is 0 Å². The maximum atomic E-state index is 6.45. The summed E-state index contributed by atoms with van der Waals surface area (Å²) in [5.74, 6) is 3.47. The minimum absolute atomic E-state index is 0.566. The number of hydrogen-bond acceptors (Lipinski definition) is 11.